The summed E-state index contributed by atoms with van der Waals surface area (Å²) in [4.78, 5) is 55.4. The first-order valence-corrected chi connectivity index (χ1v) is 13.5. The number of carbonyl (C=O) groups is 4. The first kappa shape index (κ1) is 23.5. The van der Waals surface area contributed by atoms with E-state index in [0.717, 1.165) is 0 Å². The molecular weight excluding hydrogens is 496 g/mol. The van der Waals surface area contributed by atoms with Crippen molar-refractivity contribution in [3.63, 3.8) is 0 Å². The Morgan fingerprint density at radius 1 is 1.11 bits per heavy atom. The van der Waals surface area contributed by atoms with E-state index in [0.29, 0.717) is 5.57 Å². The van der Waals surface area contributed by atoms with Gasteiger partial charge in [-0.05, 0) is 50.0 Å². The topological polar surface area (TPSA) is 146 Å². The first-order chi connectivity index (χ1) is 17.8. The number of ketones is 2. The minimum Gasteiger partial charge on any atom is -0.458 e. The van der Waals surface area contributed by atoms with Crippen LogP contribution in [0.2, 0.25) is 0 Å². The number of esters is 2. The van der Waals surface area contributed by atoms with Crippen LogP contribution in [0.3, 0.4) is 0 Å². The number of rotatable bonds is 0. The summed E-state index contributed by atoms with van der Waals surface area (Å²) in [5.74, 6) is -7.21. The second kappa shape index (κ2) is 6.32. The van der Waals surface area contributed by atoms with Gasteiger partial charge in [-0.25, -0.2) is 4.79 Å². The van der Waals surface area contributed by atoms with Crippen molar-refractivity contribution in [1.82, 2.24) is 0 Å². The minimum atomic E-state index is -2.23. The fourth-order valence-corrected chi connectivity index (χ4v) is 9.89. The number of aliphatic hydroxyl groups is 2. The maximum atomic E-state index is 14.8. The van der Waals surface area contributed by atoms with Crippen LogP contribution < -0.4 is 0 Å². The van der Waals surface area contributed by atoms with Crippen LogP contribution in [0.5, 0.6) is 0 Å². The molecule has 5 bridgehead atoms. The molecule has 10 nitrogen and oxygen atoms in total. The van der Waals surface area contributed by atoms with Gasteiger partial charge in [0.2, 0.25) is 5.79 Å². The fraction of sp³-hybridized carbons (Fsp3) is 0.714. The Hall–Kier alpha value is -2.40. The Morgan fingerprint density at radius 3 is 2.63 bits per heavy atom. The van der Waals surface area contributed by atoms with Crippen molar-refractivity contribution in [3.8, 4) is 0 Å². The number of ether oxygens (including phenoxy) is 4. The van der Waals surface area contributed by atoms with Crippen molar-refractivity contribution in [2.75, 3.05) is 6.61 Å². The van der Waals surface area contributed by atoms with Crippen LogP contribution in [0.1, 0.15) is 46.5 Å². The third-order valence-electron chi connectivity index (χ3n) is 11.9. The van der Waals surface area contributed by atoms with Crippen LogP contribution in [0.4, 0.5) is 0 Å². The Kier molecular flexibility index (Phi) is 3.91. The van der Waals surface area contributed by atoms with Gasteiger partial charge in [0.1, 0.15) is 11.9 Å². The molecule has 2 spiro atoms. The van der Waals surface area contributed by atoms with Gasteiger partial charge in [-0.3, -0.25) is 14.4 Å². The Balaban J connectivity index is 1.43. The summed E-state index contributed by atoms with van der Waals surface area (Å²) >= 11 is 0. The normalized spacial score (nSPS) is 59.2. The molecule has 2 N–H and O–H groups in total. The summed E-state index contributed by atoms with van der Waals surface area (Å²) < 4.78 is 25.0. The predicted molar refractivity (Wildman–Crippen MR) is 124 cm³/mol. The van der Waals surface area contributed by atoms with Crippen LogP contribution in [0.25, 0.3) is 0 Å². The van der Waals surface area contributed by atoms with Crippen molar-refractivity contribution in [2.45, 2.75) is 81.3 Å². The number of fused-ring (bicyclic) bond motifs is 5. The highest BCUT2D eigenvalue weighted by atomic mass is 16.8. The molecule has 6 fully saturated rings. The summed E-state index contributed by atoms with van der Waals surface area (Å²) in [5, 5.41) is 22.7. The minimum absolute atomic E-state index is 0.0790. The maximum absolute atomic E-state index is 14.8. The lowest BCUT2D eigenvalue weighted by molar-refractivity contribution is -0.370. The lowest BCUT2D eigenvalue weighted by Crippen LogP contribution is -2.79. The van der Waals surface area contributed by atoms with Crippen LogP contribution in [0, 0.1) is 34.5 Å². The van der Waals surface area contributed by atoms with Gasteiger partial charge >= 0.3 is 11.9 Å². The molecule has 1 saturated carbocycles. The number of hydrogen-bond donors (Lipinski definition) is 2. The van der Waals surface area contributed by atoms with Crippen LogP contribution in [-0.4, -0.2) is 75.1 Å². The van der Waals surface area contributed by atoms with Crippen molar-refractivity contribution in [2.24, 2.45) is 34.5 Å². The molecule has 12 atom stereocenters. The Bertz CT molecular complexity index is 1330. The van der Waals surface area contributed by atoms with Crippen LogP contribution in [-0.2, 0) is 38.1 Å². The van der Waals surface area contributed by atoms with Crippen LogP contribution in [0.15, 0.2) is 23.8 Å². The number of carbonyl (C=O) groups excluding carboxylic acids is 4. The van der Waals surface area contributed by atoms with E-state index < -0.39 is 87.0 Å². The highest BCUT2D eigenvalue weighted by molar-refractivity contribution is 6.00. The summed E-state index contributed by atoms with van der Waals surface area (Å²) in [7, 11) is 0. The summed E-state index contributed by atoms with van der Waals surface area (Å²) in [6.45, 7) is 5.07. The quantitative estimate of drug-likeness (QED) is 0.429. The number of allylic oxidation sites excluding steroid dienone is 2. The van der Waals surface area contributed by atoms with E-state index >= 15 is 0 Å². The van der Waals surface area contributed by atoms with E-state index in [9.17, 15) is 29.4 Å². The fourth-order valence-electron chi connectivity index (χ4n) is 9.89. The van der Waals surface area contributed by atoms with E-state index in [-0.39, 0.29) is 38.1 Å². The molecule has 8 rings (SSSR count). The molecule has 0 aromatic heterocycles. The molecular formula is C28H30O10. The molecule has 0 unspecified atom stereocenters. The van der Waals surface area contributed by atoms with Gasteiger partial charge in [-0.1, -0.05) is 25.2 Å². The molecule has 5 aliphatic heterocycles. The third kappa shape index (κ3) is 2.03. The zero-order chi connectivity index (χ0) is 26.8. The van der Waals surface area contributed by atoms with Gasteiger partial charge in [0, 0.05) is 12.3 Å². The Labute approximate surface area is 218 Å². The maximum Gasteiger partial charge on any atom is 0.342 e. The molecule has 0 radical (unpaired) electrons. The predicted octanol–water partition coefficient (Wildman–Crippen LogP) is 0.528. The molecule has 0 aromatic carbocycles. The number of hydrogen-bond acceptors (Lipinski definition) is 10. The van der Waals surface area contributed by atoms with Crippen molar-refractivity contribution in [3.05, 3.63) is 23.8 Å². The average Bonchev–Trinajstić information content (AvgIpc) is 3.16. The largest absolute Gasteiger partial charge is 0.458 e. The van der Waals surface area contributed by atoms with E-state index in [4.69, 9.17) is 18.9 Å². The van der Waals surface area contributed by atoms with Crippen molar-refractivity contribution in [1.29, 1.82) is 0 Å². The molecule has 3 aliphatic carbocycles. The number of aliphatic hydroxyl groups excluding tert-OH is 1. The van der Waals surface area contributed by atoms with Crippen LogP contribution >= 0.6 is 0 Å². The molecule has 8 aliphatic rings. The smallest absolute Gasteiger partial charge is 0.342 e. The summed E-state index contributed by atoms with van der Waals surface area (Å²) in [6.07, 6.45) is 3.65. The van der Waals surface area contributed by atoms with Gasteiger partial charge < -0.3 is 29.2 Å². The van der Waals surface area contributed by atoms with Gasteiger partial charge in [-0.2, -0.15) is 0 Å². The van der Waals surface area contributed by atoms with E-state index in [1.165, 1.54) is 0 Å². The second-order valence-electron chi connectivity index (χ2n) is 13.2. The molecule has 0 amide bonds. The molecule has 202 valence electrons. The SMILES string of the molecule is C[C@]12C(=O)C[C@H](O)C=C1C=C[C@@H]1[C@@H]2CC[C@]2(O)C(=O)O[C@@]3(C)[C@H]4C[C@]5(C)[C@H](CO[C@@]16O[C@@]32[C@H]5C6=O)C(=O)O4. The lowest BCUT2D eigenvalue weighted by atomic mass is 9.46. The zero-order valence-electron chi connectivity index (χ0n) is 21.4. The molecule has 5 saturated heterocycles. The second-order valence-corrected chi connectivity index (χ2v) is 13.2. The molecule has 0 aromatic rings. The van der Waals surface area contributed by atoms with Crippen molar-refractivity contribution < 1.29 is 48.3 Å². The molecule has 38 heavy (non-hydrogen) atoms. The van der Waals surface area contributed by atoms with E-state index in [1.807, 2.05) is 6.92 Å². The zero-order valence-corrected chi connectivity index (χ0v) is 21.4. The van der Waals surface area contributed by atoms with E-state index in [1.54, 1.807) is 32.1 Å². The third-order valence-corrected chi connectivity index (χ3v) is 11.9. The van der Waals surface area contributed by atoms with Crippen molar-refractivity contribution >= 4 is 23.5 Å². The first-order valence-electron chi connectivity index (χ1n) is 13.5. The van der Waals surface area contributed by atoms with Gasteiger partial charge in [0.25, 0.3) is 0 Å². The summed E-state index contributed by atoms with van der Waals surface area (Å²) in [6, 6.07) is 0. The number of Topliss-reactive ketones (excluding diaryl/α,β-unsaturated/α-hetero) is 2. The Morgan fingerprint density at radius 2 is 1.87 bits per heavy atom. The lowest BCUT2D eigenvalue weighted by Gasteiger charge is -2.62. The average molecular weight is 527 g/mol. The van der Waals surface area contributed by atoms with E-state index in [2.05, 4.69) is 0 Å². The van der Waals surface area contributed by atoms with Gasteiger partial charge in [-0.15, -0.1) is 0 Å². The van der Waals surface area contributed by atoms with Gasteiger partial charge in [0.15, 0.2) is 22.6 Å². The van der Waals surface area contributed by atoms with Gasteiger partial charge in [0.05, 0.1) is 30.0 Å². The monoisotopic (exact) mass is 526 g/mol. The standard InChI is InChI=1S/C28H30O10/c1-23-10-18-25(3)28-19(23)20(31)27(38-28,35-11-16(23)21(32)36-18)15-5-4-12-8-13(29)9-17(30)24(12,2)14(15)6-7-26(28,34)22(33)37-25/h4-5,8,13-16,18-19,29,34H,6-7,9-11H2,1-3H3/t13-,14+,15-,16-,18-,19+,23-,24+,25+,26+,27-,28+/m1/s1. The highest BCUT2D eigenvalue weighted by Gasteiger charge is 2.93. The molecule has 10 heteroatoms. The summed E-state index contributed by atoms with van der Waals surface area (Å²) in [5.41, 5.74) is -7.17. The highest BCUT2D eigenvalue weighted by Crippen LogP contribution is 2.74. The molecule has 5 heterocycles.